The van der Waals surface area contributed by atoms with Gasteiger partial charge in [0.2, 0.25) is 0 Å². The van der Waals surface area contributed by atoms with E-state index in [0.717, 1.165) is 34.6 Å². The zero-order valence-corrected chi connectivity index (χ0v) is 19.5. The molecule has 0 aromatic carbocycles. The molecule has 0 fully saturated rings. The molecule has 32 heavy (non-hydrogen) atoms. The SMILES string of the molecule is CC(=O)O.CC(=O)O.CC(=O)O.CC(=O)O.CC(=O)O.NCCN.NCCN.NCCN. The highest BCUT2D eigenvalue weighted by atomic mass is 16.4. The van der Waals surface area contributed by atoms with Gasteiger partial charge in [0.1, 0.15) is 0 Å². The van der Waals surface area contributed by atoms with Gasteiger partial charge in [-0.2, -0.15) is 0 Å². The third kappa shape index (κ3) is 1530000. The molecular weight excluding hydrogens is 436 g/mol. The summed E-state index contributed by atoms with van der Waals surface area (Å²) in [7, 11) is 0. The van der Waals surface area contributed by atoms with Crippen molar-refractivity contribution in [3.8, 4) is 0 Å². The lowest BCUT2D eigenvalue weighted by Crippen LogP contribution is -2.11. The van der Waals surface area contributed by atoms with Crippen molar-refractivity contribution < 1.29 is 49.5 Å². The van der Waals surface area contributed by atoms with Gasteiger partial charge in [-0.05, 0) is 0 Å². The van der Waals surface area contributed by atoms with E-state index in [2.05, 4.69) is 0 Å². The number of nitrogens with two attached hydrogens (primary N) is 6. The predicted molar refractivity (Wildman–Crippen MR) is 121 cm³/mol. The molecule has 0 aliphatic heterocycles. The summed E-state index contributed by atoms with van der Waals surface area (Å²) < 4.78 is 0. The molecule has 0 saturated carbocycles. The number of aliphatic carboxylic acids is 5. The molecule has 16 heteroatoms. The highest BCUT2D eigenvalue weighted by Gasteiger charge is 1.67. The summed E-state index contributed by atoms with van der Waals surface area (Å²) in [6.07, 6.45) is 0. The Labute approximate surface area is 188 Å². The molecule has 0 heterocycles. The largest absolute Gasteiger partial charge is 0.481 e. The third-order valence-electron chi connectivity index (χ3n) is 0.500. The second-order valence-corrected chi connectivity index (χ2v) is 4.33. The maximum atomic E-state index is 9.00. The van der Waals surface area contributed by atoms with Gasteiger partial charge in [0.25, 0.3) is 29.8 Å². The van der Waals surface area contributed by atoms with Crippen LogP contribution in [0.2, 0.25) is 0 Å². The Balaban J connectivity index is -0.0000000343. The Hall–Kier alpha value is -2.89. The third-order valence-corrected chi connectivity index (χ3v) is 0.500. The van der Waals surface area contributed by atoms with Crippen LogP contribution in [-0.2, 0) is 24.0 Å². The maximum absolute atomic E-state index is 9.00. The minimum Gasteiger partial charge on any atom is -0.481 e. The number of hydrogen-bond donors (Lipinski definition) is 11. The van der Waals surface area contributed by atoms with E-state index in [0.29, 0.717) is 39.3 Å². The van der Waals surface area contributed by atoms with Crippen molar-refractivity contribution in [1.82, 2.24) is 0 Å². The Morgan fingerprint density at radius 3 is 0.406 bits per heavy atom. The number of carboxylic acids is 5. The average molecular weight is 481 g/mol. The van der Waals surface area contributed by atoms with Gasteiger partial charge >= 0.3 is 0 Å². The fourth-order valence-corrected chi connectivity index (χ4v) is 0. The predicted octanol–water partition coefficient (Wildman–Crippen LogP) is -2.83. The van der Waals surface area contributed by atoms with Gasteiger partial charge in [-0.25, -0.2) is 0 Å². The van der Waals surface area contributed by atoms with Crippen LogP contribution in [0.5, 0.6) is 0 Å². The molecule has 0 bridgehead atoms. The van der Waals surface area contributed by atoms with Crippen LogP contribution in [0.4, 0.5) is 0 Å². The van der Waals surface area contributed by atoms with Gasteiger partial charge in [0, 0.05) is 73.9 Å². The molecule has 0 radical (unpaired) electrons. The fourth-order valence-electron chi connectivity index (χ4n) is 0. The molecule has 0 amide bonds. The number of rotatable bonds is 3. The number of carboxylic acid groups (broad SMARTS) is 5. The molecule has 0 unspecified atom stereocenters. The second-order valence-electron chi connectivity index (χ2n) is 4.33. The van der Waals surface area contributed by atoms with E-state index in [9.17, 15) is 0 Å². The van der Waals surface area contributed by atoms with Crippen molar-refractivity contribution in [2.75, 3.05) is 39.3 Å². The van der Waals surface area contributed by atoms with E-state index in [1.54, 1.807) is 0 Å². The van der Waals surface area contributed by atoms with Gasteiger partial charge in [0.05, 0.1) is 0 Å². The topological polar surface area (TPSA) is 343 Å². The lowest BCUT2D eigenvalue weighted by Gasteiger charge is -1.72. The van der Waals surface area contributed by atoms with Crippen LogP contribution in [0.1, 0.15) is 34.6 Å². The fraction of sp³-hybridized carbons (Fsp3) is 0.688. The highest BCUT2D eigenvalue weighted by molar-refractivity contribution is 5.63. The number of carbonyl (C=O) groups is 5. The zero-order chi connectivity index (χ0) is 28.1. The zero-order valence-electron chi connectivity index (χ0n) is 19.5. The summed E-state index contributed by atoms with van der Waals surface area (Å²) in [5.74, 6) is -4.17. The highest BCUT2D eigenvalue weighted by Crippen LogP contribution is 1.43. The van der Waals surface area contributed by atoms with Gasteiger partial charge in [-0.1, -0.05) is 0 Å². The van der Waals surface area contributed by atoms with Gasteiger partial charge in [0.15, 0.2) is 0 Å². The Morgan fingerprint density at radius 2 is 0.406 bits per heavy atom. The van der Waals surface area contributed by atoms with Crippen LogP contribution in [0.25, 0.3) is 0 Å². The second kappa shape index (κ2) is 63.0. The van der Waals surface area contributed by atoms with E-state index in [-0.39, 0.29) is 0 Å². The van der Waals surface area contributed by atoms with Gasteiger partial charge in [-0.15, -0.1) is 0 Å². The van der Waals surface area contributed by atoms with Crippen molar-refractivity contribution in [1.29, 1.82) is 0 Å². The lowest BCUT2D eigenvalue weighted by atomic mass is 10.7. The molecule has 0 aliphatic carbocycles. The average Bonchev–Trinajstić information content (AvgIpc) is 2.59. The Bertz CT molecular complexity index is 294. The van der Waals surface area contributed by atoms with Crippen molar-refractivity contribution in [3.63, 3.8) is 0 Å². The van der Waals surface area contributed by atoms with Crippen LogP contribution in [0.15, 0.2) is 0 Å². The summed E-state index contributed by atoms with van der Waals surface area (Å²) in [6.45, 7) is 9.00. The first-order valence-electron chi connectivity index (χ1n) is 8.59. The van der Waals surface area contributed by atoms with Crippen molar-refractivity contribution >= 4 is 29.8 Å². The summed E-state index contributed by atoms with van der Waals surface area (Å²) in [6, 6.07) is 0. The van der Waals surface area contributed by atoms with Crippen LogP contribution < -0.4 is 34.4 Å². The molecule has 0 atom stereocenters. The summed E-state index contributed by atoms with van der Waals surface area (Å²) in [4.78, 5) is 45.0. The Morgan fingerprint density at radius 1 is 0.375 bits per heavy atom. The van der Waals surface area contributed by atoms with Crippen molar-refractivity contribution in [2.45, 2.75) is 34.6 Å². The van der Waals surface area contributed by atoms with Crippen molar-refractivity contribution in [2.24, 2.45) is 34.4 Å². The van der Waals surface area contributed by atoms with Crippen molar-refractivity contribution in [3.05, 3.63) is 0 Å². The monoisotopic (exact) mass is 480 g/mol. The van der Waals surface area contributed by atoms with Crippen LogP contribution >= 0.6 is 0 Å². The van der Waals surface area contributed by atoms with Crippen LogP contribution in [-0.4, -0.2) is 94.6 Å². The summed E-state index contributed by atoms with van der Waals surface area (Å²) in [5.41, 5.74) is 29.4. The van der Waals surface area contributed by atoms with E-state index in [1.165, 1.54) is 0 Å². The first-order chi connectivity index (χ1) is 14.4. The quantitative estimate of drug-likeness (QED) is 0.193. The molecule has 17 N–H and O–H groups in total. The van der Waals surface area contributed by atoms with E-state index < -0.39 is 29.8 Å². The smallest absolute Gasteiger partial charge is 0.300 e. The summed E-state index contributed by atoms with van der Waals surface area (Å²) in [5, 5.41) is 37.1. The molecular formula is C16H44N6O10. The van der Waals surface area contributed by atoms with Crippen LogP contribution in [0, 0.1) is 0 Å². The molecule has 0 saturated heterocycles. The Kier molecular flexibility index (Phi) is 102. The normalized spacial score (nSPS) is 6.72. The standard InChI is InChI=1S/3C2H8N2.5C2H4O2/c3*3-1-2-4;5*1-2(3)4/h3*1-4H2;5*1H3,(H,3,4). The van der Waals surface area contributed by atoms with E-state index in [1.807, 2.05) is 0 Å². The van der Waals surface area contributed by atoms with E-state index >= 15 is 0 Å². The molecule has 0 aromatic rings. The molecule has 198 valence electrons. The summed E-state index contributed by atoms with van der Waals surface area (Å²) >= 11 is 0. The molecule has 0 aliphatic rings. The minimum atomic E-state index is -0.833. The molecule has 0 aromatic heterocycles. The van der Waals surface area contributed by atoms with Gasteiger partial charge < -0.3 is 59.9 Å². The maximum Gasteiger partial charge on any atom is 0.300 e. The first-order valence-corrected chi connectivity index (χ1v) is 8.59. The molecule has 16 nitrogen and oxygen atoms in total. The van der Waals surface area contributed by atoms with Gasteiger partial charge in [-0.3, -0.25) is 24.0 Å². The van der Waals surface area contributed by atoms with Crippen LogP contribution in [0.3, 0.4) is 0 Å². The number of hydrogen-bond acceptors (Lipinski definition) is 11. The molecule has 0 spiro atoms. The first kappa shape index (κ1) is 51.6. The molecule has 0 rings (SSSR count). The lowest BCUT2D eigenvalue weighted by molar-refractivity contribution is -0.135. The van der Waals surface area contributed by atoms with E-state index in [4.69, 9.17) is 83.9 Å². The minimum absolute atomic E-state index is 0.597.